The lowest BCUT2D eigenvalue weighted by atomic mass is 10.0. The first kappa shape index (κ1) is 32.2. The molecule has 0 saturated heterocycles. The molecule has 0 fully saturated rings. The van der Waals surface area contributed by atoms with Crippen LogP contribution in [0.15, 0.2) is 12.2 Å². The fraction of sp³-hybridized carbons (Fsp3) is 0.900. The van der Waals surface area contributed by atoms with Crippen molar-refractivity contribution in [2.24, 2.45) is 0 Å². The molecule has 0 aliphatic carbocycles. The zero-order valence-electron chi connectivity index (χ0n) is 22.5. The van der Waals surface area contributed by atoms with Crippen molar-refractivity contribution in [1.29, 1.82) is 0 Å². The summed E-state index contributed by atoms with van der Waals surface area (Å²) in [7, 11) is 0. The van der Waals surface area contributed by atoms with E-state index in [9.17, 15) is 4.79 Å². The first-order valence-electron chi connectivity index (χ1n) is 14.6. The quantitative estimate of drug-likeness (QED) is 0.0784. The summed E-state index contributed by atoms with van der Waals surface area (Å²) >= 11 is 0. The van der Waals surface area contributed by atoms with Crippen LogP contribution < -0.4 is 0 Å². The van der Waals surface area contributed by atoms with Crippen molar-refractivity contribution in [3.05, 3.63) is 12.2 Å². The Bertz CT molecular complexity index is 419. The number of allylic oxidation sites excluding steroid dienone is 2. The summed E-state index contributed by atoms with van der Waals surface area (Å²) in [5, 5.41) is 9.03. The maximum atomic E-state index is 11.0. The van der Waals surface area contributed by atoms with Crippen molar-refractivity contribution < 1.29 is 14.6 Å². The molecule has 33 heavy (non-hydrogen) atoms. The van der Waals surface area contributed by atoms with E-state index in [-0.39, 0.29) is 18.7 Å². The highest BCUT2D eigenvalue weighted by Crippen LogP contribution is 2.15. The number of hydrogen-bond donors (Lipinski definition) is 1. The number of unbranched alkanes of at least 4 members (excludes halogenated alkanes) is 19. The van der Waals surface area contributed by atoms with Crippen LogP contribution in [0, 0.1) is 0 Å². The first-order valence-corrected chi connectivity index (χ1v) is 14.6. The Hall–Kier alpha value is -0.830. The molecule has 196 valence electrons. The standard InChI is InChI=1S/C30H58O3/c1-3-4-5-6-7-8-9-10-11-12-13-14-15-16-17-18-19-20-21-22-23-24-25-26-30(27-28-31)33-29(2)32/h18-19,30-31H,3-17,20-28H2,1-2H3/b19-18-. The summed E-state index contributed by atoms with van der Waals surface area (Å²) in [6, 6.07) is 0. The summed E-state index contributed by atoms with van der Waals surface area (Å²) in [4.78, 5) is 11.0. The molecule has 0 spiro atoms. The molecule has 0 rings (SSSR count). The summed E-state index contributed by atoms with van der Waals surface area (Å²) < 4.78 is 5.23. The molecule has 0 aliphatic rings. The van der Waals surface area contributed by atoms with Gasteiger partial charge in [0.15, 0.2) is 0 Å². The topological polar surface area (TPSA) is 46.5 Å². The smallest absolute Gasteiger partial charge is 0.302 e. The molecule has 0 amide bonds. The minimum absolute atomic E-state index is 0.0869. The number of hydrogen-bond acceptors (Lipinski definition) is 3. The molecular weight excluding hydrogens is 408 g/mol. The lowest BCUT2D eigenvalue weighted by molar-refractivity contribution is -0.147. The van der Waals surface area contributed by atoms with Crippen LogP contribution in [0.4, 0.5) is 0 Å². The number of carbonyl (C=O) groups excluding carboxylic acids is 1. The third kappa shape index (κ3) is 27.3. The van der Waals surface area contributed by atoms with E-state index < -0.39 is 0 Å². The van der Waals surface area contributed by atoms with Gasteiger partial charge in [-0.2, -0.15) is 0 Å². The monoisotopic (exact) mass is 466 g/mol. The average molecular weight is 467 g/mol. The van der Waals surface area contributed by atoms with Crippen molar-refractivity contribution in [2.75, 3.05) is 6.61 Å². The van der Waals surface area contributed by atoms with Crippen LogP contribution in [0.3, 0.4) is 0 Å². The minimum Gasteiger partial charge on any atom is -0.462 e. The predicted molar refractivity (Wildman–Crippen MR) is 144 cm³/mol. The summed E-state index contributed by atoms with van der Waals surface area (Å²) in [6.07, 6.45) is 34.6. The van der Waals surface area contributed by atoms with E-state index in [1.165, 1.54) is 135 Å². The van der Waals surface area contributed by atoms with E-state index in [4.69, 9.17) is 9.84 Å². The van der Waals surface area contributed by atoms with E-state index in [1.807, 2.05) is 0 Å². The van der Waals surface area contributed by atoms with Crippen LogP contribution in [0.1, 0.15) is 162 Å². The minimum atomic E-state index is -0.241. The van der Waals surface area contributed by atoms with Crippen molar-refractivity contribution in [2.45, 2.75) is 168 Å². The van der Waals surface area contributed by atoms with Gasteiger partial charge in [-0.1, -0.05) is 122 Å². The molecule has 3 heteroatoms. The molecule has 0 radical (unpaired) electrons. The van der Waals surface area contributed by atoms with E-state index in [0.717, 1.165) is 12.8 Å². The van der Waals surface area contributed by atoms with Gasteiger partial charge in [0.2, 0.25) is 0 Å². The van der Waals surface area contributed by atoms with Gasteiger partial charge in [-0.3, -0.25) is 4.79 Å². The van der Waals surface area contributed by atoms with Gasteiger partial charge in [0.05, 0.1) is 0 Å². The van der Waals surface area contributed by atoms with Crippen LogP contribution in [0.25, 0.3) is 0 Å². The Morgan fingerprint density at radius 2 is 1.03 bits per heavy atom. The fourth-order valence-corrected chi connectivity index (χ4v) is 4.50. The second-order valence-electron chi connectivity index (χ2n) is 9.95. The molecule has 0 bridgehead atoms. The molecule has 0 heterocycles. The molecular formula is C30H58O3. The Morgan fingerprint density at radius 3 is 1.42 bits per heavy atom. The van der Waals surface area contributed by atoms with Crippen LogP contribution in [-0.4, -0.2) is 23.8 Å². The molecule has 0 aliphatic heterocycles. The van der Waals surface area contributed by atoms with Gasteiger partial charge in [0.1, 0.15) is 6.10 Å². The summed E-state index contributed by atoms with van der Waals surface area (Å²) in [6.45, 7) is 3.82. The fourth-order valence-electron chi connectivity index (χ4n) is 4.50. The first-order chi connectivity index (χ1) is 16.2. The molecule has 1 atom stereocenters. The van der Waals surface area contributed by atoms with Crippen LogP contribution in [0.2, 0.25) is 0 Å². The number of aliphatic hydroxyl groups is 1. The maximum Gasteiger partial charge on any atom is 0.302 e. The third-order valence-corrected chi connectivity index (χ3v) is 6.57. The lowest BCUT2D eigenvalue weighted by Gasteiger charge is -2.15. The highest BCUT2D eigenvalue weighted by molar-refractivity contribution is 5.66. The molecule has 3 nitrogen and oxygen atoms in total. The number of esters is 1. The van der Waals surface area contributed by atoms with Crippen molar-refractivity contribution in [3.8, 4) is 0 Å². The molecule has 0 saturated carbocycles. The van der Waals surface area contributed by atoms with E-state index in [0.29, 0.717) is 6.42 Å². The van der Waals surface area contributed by atoms with E-state index >= 15 is 0 Å². The van der Waals surface area contributed by atoms with Gasteiger partial charge in [-0.25, -0.2) is 0 Å². The SMILES string of the molecule is CCCCCCCCCCCCCCCC/C=C\CCCCCCCC(CCO)OC(C)=O. The second-order valence-corrected chi connectivity index (χ2v) is 9.95. The molecule has 0 aromatic heterocycles. The van der Waals surface area contributed by atoms with Crippen LogP contribution in [-0.2, 0) is 9.53 Å². The van der Waals surface area contributed by atoms with Gasteiger partial charge < -0.3 is 9.84 Å². The highest BCUT2D eigenvalue weighted by atomic mass is 16.5. The van der Waals surface area contributed by atoms with Gasteiger partial charge in [0, 0.05) is 20.0 Å². The van der Waals surface area contributed by atoms with Gasteiger partial charge >= 0.3 is 5.97 Å². The average Bonchev–Trinajstić information content (AvgIpc) is 2.79. The normalized spacial score (nSPS) is 12.5. The molecule has 1 unspecified atom stereocenters. The molecule has 0 aromatic carbocycles. The molecule has 0 aromatic rings. The predicted octanol–water partition coefficient (Wildman–Crippen LogP) is 9.46. The molecule has 1 N–H and O–H groups in total. The Morgan fingerprint density at radius 1 is 0.636 bits per heavy atom. The number of carbonyl (C=O) groups is 1. The van der Waals surface area contributed by atoms with Gasteiger partial charge in [-0.05, 0) is 38.5 Å². The number of rotatable bonds is 26. The highest BCUT2D eigenvalue weighted by Gasteiger charge is 2.10. The number of ether oxygens (including phenoxy) is 1. The van der Waals surface area contributed by atoms with Crippen LogP contribution >= 0.6 is 0 Å². The van der Waals surface area contributed by atoms with Crippen LogP contribution in [0.5, 0.6) is 0 Å². The second kappa shape index (κ2) is 27.4. The number of aliphatic hydroxyl groups excluding tert-OH is 1. The largest absolute Gasteiger partial charge is 0.462 e. The van der Waals surface area contributed by atoms with Gasteiger partial charge in [0.25, 0.3) is 0 Å². The van der Waals surface area contributed by atoms with Crippen molar-refractivity contribution >= 4 is 5.97 Å². The van der Waals surface area contributed by atoms with E-state index in [1.54, 1.807) is 0 Å². The third-order valence-electron chi connectivity index (χ3n) is 6.57. The van der Waals surface area contributed by atoms with Crippen molar-refractivity contribution in [1.82, 2.24) is 0 Å². The Labute approximate surface area is 207 Å². The van der Waals surface area contributed by atoms with Crippen molar-refractivity contribution in [3.63, 3.8) is 0 Å². The summed E-state index contributed by atoms with van der Waals surface area (Å²) in [5.41, 5.74) is 0. The van der Waals surface area contributed by atoms with Gasteiger partial charge in [-0.15, -0.1) is 0 Å². The zero-order valence-corrected chi connectivity index (χ0v) is 22.5. The maximum absolute atomic E-state index is 11.0. The summed E-state index contributed by atoms with van der Waals surface area (Å²) in [5.74, 6) is -0.241. The Kier molecular flexibility index (Phi) is 26.7. The lowest BCUT2D eigenvalue weighted by Crippen LogP contribution is -2.17. The van der Waals surface area contributed by atoms with E-state index in [2.05, 4.69) is 19.1 Å². The Balaban J connectivity index is 3.25. The zero-order chi connectivity index (χ0) is 24.2.